The van der Waals surface area contributed by atoms with Gasteiger partial charge in [-0.15, -0.1) is 0 Å². The zero-order valence-corrected chi connectivity index (χ0v) is 18.0. The molecule has 0 unspecified atom stereocenters. The van der Waals surface area contributed by atoms with Gasteiger partial charge in [-0.2, -0.15) is 0 Å². The Balaban J connectivity index is 2.40. The number of phenolic OH excluding ortho intramolecular Hbond substituents is 1. The molecule has 27 heavy (non-hydrogen) atoms. The van der Waals surface area contributed by atoms with Gasteiger partial charge in [-0.1, -0.05) is 0 Å². The molecule has 0 atom stereocenters. The van der Waals surface area contributed by atoms with E-state index in [4.69, 9.17) is 4.74 Å². The second kappa shape index (κ2) is 7.43. The van der Waals surface area contributed by atoms with E-state index in [1.165, 1.54) is 0 Å². The summed E-state index contributed by atoms with van der Waals surface area (Å²) in [5.41, 5.74) is 1.98. The zero-order chi connectivity index (χ0) is 19.9. The molecule has 0 aliphatic rings. The number of aromatic hydroxyl groups is 1. The zero-order valence-electron chi connectivity index (χ0n) is 14.8. The molecule has 5 N–H and O–H groups in total. The summed E-state index contributed by atoms with van der Waals surface area (Å²) < 4.78 is 6.43. The van der Waals surface area contributed by atoms with Gasteiger partial charge < -0.3 is 20.0 Å². The summed E-state index contributed by atoms with van der Waals surface area (Å²) in [5, 5.41) is 21.1. The molecule has 8 nitrogen and oxygen atoms in total. The van der Waals surface area contributed by atoms with E-state index in [0.717, 1.165) is 0 Å². The molecule has 0 aliphatic heterocycles. The van der Waals surface area contributed by atoms with Crippen LogP contribution in [-0.4, -0.2) is 32.1 Å². The molecular formula is C17H18Br2N4O4. The second-order valence-corrected chi connectivity index (χ2v) is 7.63. The minimum absolute atomic E-state index is 0.0642. The standard InChI is InChI=1S/C17H18Br2N4O4/c1-4-27-9-5-8(13(18)14(19)15(9)24)12(10-6(2)20-22-16(10)25)11-7(3)21-23-17(11)26/h5,12,24H,4H2,1-3H3,(H2,20,22,25)(H2,21,23,26). The molecule has 2 aromatic heterocycles. The summed E-state index contributed by atoms with van der Waals surface area (Å²) in [7, 11) is 0. The van der Waals surface area contributed by atoms with Crippen molar-refractivity contribution in [2.75, 3.05) is 6.61 Å². The van der Waals surface area contributed by atoms with Crippen molar-refractivity contribution >= 4 is 31.9 Å². The van der Waals surface area contributed by atoms with Gasteiger partial charge in [-0.25, -0.2) is 0 Å². The number of phenols is 1. The number of halogens is 2. The molecule has 0 bridgehead atoms. The first-order chi connectivity index (χ1) is 12.8. The number of ether oxygens (including phenoxy) is 1. The average Bonchev–Trinajstić information content (AvgIpc) is 3.13. The number of nitrogens with one attached hydrogen (secondary N) is 4. The van der Waals surface area contributed by atoms with Crippen molar-refractivity contribution in [3.05, 3.63) is 63.8 Å². The topological polar surface area (TPSA) is 127 Å². The third-order valence-electron chi connectivity index (χ3n) is 4.39. The van der Waals surface area contributed by atoms with Crippen LogP contribution in [0.15, 0.2) is 24.6 Å². The van der Waals surface area contributed by atoms with Gasteiger partial charge in [0.05, 0.1) is 22.2 Å². The maximum Gasteiger partial charge on any atom is 0.268 e. The maximum absolute atomic E-state index is 12.5. The molecule has 0 radical (unpaired) electrons. The van der Waals surface area contributed by atoms with Crippen molar-refractivity contribution in [1.82, 2.24) is 20.4 Å². The lowest BCUT2D eigenvalue weighted by Gasteiger charge is -2.20. The van der Waals surface area contributed by atoms with E-state index >= 15 is 0 Å². The Morgan fingerprint density at radius 1 is 1.00 bits per heavy atom. The van der Waals surface area contributed by atoms with Crippen LogP contribution in [0.25, 0.3) is 0 Å². The fourth-order valence-corrected chi connectivity index (χ4v) is 4.10. The second-order valence-electron chi connectivity index (χ2n) is 6.04. The van der Waals surface area contributed by atoms with Crippen LogP contribution in [0.2, 0.25) is 0 Å². The molecule has 1 aromatic carbocycles. The number of aromatic amines is 4. The van der Waals surface area contributed by atoms with E-state index < -0.39 is 5.92 Å². The van der Waals surface area contributed by atoms with Crippen LogP contribution in [0.1, 0.15) is 40.9 Å². The largest absolute Gasteiger partial charge is 0.503 e. The molecule has 144 valence electrons. The van der Waals surface area contributed by atoms with Crippen LogP contribution in [-0.2, 0) is 0 Å². The van der Waals surface area contributed by atoms with Gasteiger partial charge in [0.2, 0.25) is 0 Å². The highest BCUT2D eigenvalue weighted by Crippen LogP contribution is 2.46. The van der Waals surface area contributed by atoms with Crippen molar-refractivity contribution in [1.29, 1.82) is 0 Å². The number of benzene rings is 1. The highest BCUT2D eigenvalue weighted by Gasteiger charge is 2.31. The first-order valence-electron chi connectivity index (χ1n) is 8.15. The van der Waals surface area contributed by atoms with Crippen LogP contribution in [0.5, 0.6) is 11.5 Å². The average molecular weight is 502 g/mol. The lowest BCUT2D eigenvalue weighted by molar-refractivity contribution is 0.316. The fraction of sp³-hybridized carbons (Fsp3) is 0.294. The Labute approximate surface area is 170 Å². The Morgan fingerprint density at radius 2 is 1.52 bits per heavy atom. The molecule has 0 fully saturated rings. The molecule has 0 amide bonds. The Bertz CT molecular complexity index is 1060. The predicted octanol–water partition coefficient (Wildman–Crippen LogP) is 3.15. The number of hydrogen-bond acceptors (Lipinski definition) is 4. The van der Waals surface area contributed by atoms with Gasteiger partial charge in [-0.3, -0.25) is 19.8 Å². The van der Waals surface area contributed by atoms with Gasteiger partial charge >= 0.3 is 0 Å². The first-order valence-corrected chi connectivity index (χ1v) is 9.74. The van der Waals surface area contributed by atoms with Crippen molar-refractivity contribution in [2.24, 2.45) is 0 Å². The minimum Gasteiger partial charge on any atom is -0.503 e. The Kier molecular flexibility index (Phi) is 5.38. The summed E-state index contributed by atoms with van der Waals surface area (Å²) in [6.45, 7) is 5.65. The monoisotopic (exact) mass is 500 g/mol. The molecule has 0 aliphatic carbocycles. The predicted molar refractivity (Wildman–Crippen MR) is 108 cm³/mol. The van der Waals surface area contributed by atoms with Crippen LogP contribution in [0.4, 0.5) is 0 Å². The summed E-state index contributed by atoms with van der Waals surface area (Å²) in [4.78, 5) is 25.1. The van der Waals surface area contributed by atoms with Crippen LogP contribution >= 0.6 is 31.9 Å². The number of aromatic nitrogens is 4. The van der Waals surface area contributed by atoms with Crippen molar-refractivity contribution in [3.63, 3.8) is 0 Å². The lowest BCUT2D eigenvalue weighted by atomic mass is 9.85. The van der Waals surface area contributed by atoms with Crippen LogP contribution in [0.3, 0.4) is 0 Å². The van der Waals surface area contributed by atoms with Gasteiger partial charge in [0.15, 0.2) is 11.5 Å². The molecular weight excluding hydrogens is 484 g/mol. The van der Waals surface area contributed by atoms with Crippen molar-refractivity contribution in [2.45, 2.75) is 26.7 Å². The quantitative estimate of drug-likeness (QED) is 0.368. The summed E-state index contributed by atoms with van der Waals surface area (Å²) in [6.07, 6.45) is 0. The molecule has 0 saturated heterocycles. The summed E-state index contributed by atoms with van der Waals surface area (Å²) in [5.74, 6) is -0.507. The number of rotatable bonds is 5. The SMILES string of the molecule is CCOc1cc(C(c2c(C)[nH][nH]c2=O)c2c(C)[nH][nH]c2=O)c(Br)c(Br)c1O. The lowest BCUT2D eigenvalue weighted by Crippen LogP contribution is -2.21. The third kappa shape index (κ3) is 3.27. The van der Waals surface area contributed by atoms with E-state index in [0.29, 0.717) is 43.6 Å². The highest BCUT2D eigenvalue weighted by molar-refractivity contribution is 9.13. The Morgan fingerprint density at radius 3 is 1.93 bits per heavy atom. The minimum atomic E-state index is -0.694. The van der Waals surface area contributed by atoms with Crippen LogP contribution < -0.4 is 15.9 Å². The Hall–Kier alpha value is -2.20. The van der Waals surface area contributed by atoms with Crippen LogP contribution in [0, 0.1) is 13.8 Å². The van der Waals surface area contributed by atoms with Crippen molar-refractivity contribution in [3.8, 4) is 11.5 Å². The van der Waals surface area contributed by atoms with E-state index in [1.807, 2.05) is 0 Å². The first kappa shape index (κ1) is 19.6. The molecule has 10 heteroatoms. The van der Waals surface area contributed by atoms with E-state index in [2.05, 4.69) is 52.3 Å². The van der Waals surface area contributed by atoms with E-state index in [1.54, 1.807) is 26.8 Å². The molecule has 2 heterocycles. The van der Waals surface area contributed by atoms with Gasteiger partial charge in [-0.05, 0) is 64.3 Å². The molecule has 0 spiro atoms. The van der Waals surface area contributed by atoms with Gasteiger partial charge in [0, 0.05) is 21.8 Å². The van der Waals surface area contributed by atoms with Gasteiger partial charge in [0.25, 0.3) is 11.1 Å². The number of aryl methyl sites for hydroxylation is 2. The van der Waals surface area contributed by atoms with Crippen molar-refractivity contribution < 1.29 is 9.84 Å². The molecule has 3 rings (SSSR count). The van der Waals surface area contributed by atoms with E-state index in [-0.39, 0.29) is 22.6 Å². The molecule has 0 saturated carbocycles. The van der Waals surface area contributed by atoms with E-state index in [9.17, 15) is 14.7 Å². The maximum atomic E-state index is 12.5. The summed E-state index contributed by atoms with van der Waals surface area (Å²) >= 11 is 6.83. The fourth-order valence-electron chi connectivity index (χ4n) is 3.15. The smallest absolute Gasteiger partial charge is 0.268 e. The highest BCUT2D eigenvalue weighted by atomic mass is 79.9. The van der Waals surface area contributed by atoms with Gasteiger partial charge in [0.1, 0.15) is 0 Å². The number of H-pyrrole nitrogens is 4. The number of hydrogen-bond donors (Lipinski definition) is 5. The third-order valence-corrected chi connectivity index (χ3v) is 6.55. The molecule has 3 aromatic rings. The summed E-state index contributed by atoms with van der Waals surface area (Å²) in [6, 6.07) is 1.64. The normalized spacial score (nSPS) is 11.3.